The Balaban J connectivity index is 2.51. The number of carboxylic acids is 1. The van der Waals surface area contributed by atoms with E-state index in [0.717, 1.165) is 0 Å². The van der Waals surface area contributed by atoms with Gasteiger partial charge >= 0.3 is 5.97 Å². The van der Waals surface area contributed by atoms with E-state index in [-0.39, 0.29) is 0 Å². The second-order valence-electron chi connectivity index (χ2n) is 3.34. The SMILES string of the molecule is C=CCCOC1(C(=O)O)CCOCC1. The second kappa shape index (κ2) is 5.12. The summed E-state index contributed by atoms with van der Waals surface area (Å²) in [6, 6.07) is 0. The average Bonchev–Trinajstić information content (AvgIpc) is 2.19. The summed E-state index contributed by atoms with van der Waals surface area (Å²) >= 11 is 0. The molecule has 1 aliphatic rings. The van der Waals surface area contributed by atoms with Crippen LogP contribution >= 0.6 is 0 Å². The van der Waals surface area contributed by atoms with Gasteiger partial charge in [-0.25, -0.2) is 4.79 Å². The highest BCUT2D eigenvalue weighted by Crippen LogP contribution is 2.25. The van der Waals surface area contributed by atoms with Crippen LogP contribution in [0.4, 0.5) is 0 Å². The van der Waals surface area contributed by atoms with Gasteiger partial charge in [-0.2, -0.15) is 0 Å². The fourth-order valence-corrected chi connectivity index (χ4v) is 1.46. The van der Waals surface area contributed by atoms with Crippen LogP contribution in [0.3, 0.4) is 0 Å². The Hall–Kier alpha value is -0.870. The van der Waals surface area contributed by atoms with Crippen LogP contribution in [-0.2, 0) is 14.3 Å². The quantitative estimate of drug-likeness (QED) is 0.535. The Labute approximate surface area is 83.5 Å². The standard InChI is InChI=1S/C10H16O4/c1-2-3-6-14-10(9(11)12)4-7-13-8-5-10/h2H,1,3-8H2,(H,11,12). The van der Waals surface area contributed by atoms with E-state index in [9.17, 15) is 4.79 Å². The largest absolute Gasteiger partial charge is 0.479 e. The molecular weight excluding hydrogens is 184 g/mol. The number of carbonyl (C=O) groups is 1. The number of carboxylic acid groups (broad SMARTS) is 1. The third-order valence-corrected chi connectivity index (χ3v) is 2.39. The van der Waals surface area contributed by atoms with Gasteiger partial charge in [-0.15, -0.1) is 6.58 Å². The molecule has 0 saturated carbocycles. The molecule has 4 nitrogen and oxygen atoms in total. The average molecular weight is 200 g/mol. The van der Waals surface area contributed by atoms with Crippen LogP contribution in [0.15, 0.2) is 12.7 Å². The summed E-state index contributed by atoms with van der Waals surface area (Å²) in [7, 11) is 0. The molecule has 1 fully saturated rings. The number of hydrogen-bond donors (Lipinski definition) is 1. The maximum atomic E-state index is 11.1. The van der Waals surface area contributed by atoms with Crippen molar-refractivity contribution in [1.29, 1.82) is 0 Å². The number of ether oxygens (including phenoxy) is 2. The van der Waals surface area contributed by atoms with Crippen molar-refractivity contribution in [2.45, 2.75) is 24.9 Å². The zero-order valence-corrected chi connectivity index (χ0v) is 8.20. The molecule has 1 heterocycles. The van der Waals surface area contributed by atoms with E-state index in [2.05, 4.69) is 6.58 Å². The molecule has 0 aromatic rings. The summed E-state index contributed by atoms with van der Waals surface area (Å²) in [5.74, 6) is -0.884. The maximum Gasteiger partial charge on any atom is 0.336 e. The monoisotopic (exact) mass is 200 g/mol. The number of hydrogen-bond acceptors (Lipinski definition) is 3. The van der Waals surface area contributed by atoms with E-state index in [4.69, 9.17) is 14.6 Å². The van der Waals surface area contributed by atoms with E-state index < -0.39 is 11.6 Å². The molecule has 1 aliphatic heterocycles. The number of aliphatic carboxylic acids is 1. The van der Waals surface area contributed by atoms with Crippen LogP contribution in [-0.4, -0.2) is 36.5 Å². The van der Waals surface area contributed by atoms with Gasteiger partial charge in [-0.3, -0.25) is 0 Å². The zero-order valence-electron chi connectivity index (χ0n) is 8.20. The summed E-state index contributed by atoms with van der Waals surface area (Å²) in [5.41, 5.74) is -1.03. The van der Waals surface area contributed by atoms with E-state index in [1.54, 1.807) is 6.08 Å². The first-order chi connectivity index (χ1) is 6.71. The molecule has 1 N–H and O–H groups in total. The predicted molar refractivity (Wildman–Crippen MR) is 51.2 cm³/mol. The Morgan fingerprint density at radius 3 is 2.71 bits per heavy atom. The summed E-state index contributed by atoms with van der Waals surface area (Å²) in [6.45, 7) is 4.89. The third-order valence-electron chi connectivity index (χ3n) is 2.39. The molecule has 0 aromatic carbocycles. The van der Waals surface area contributed by atoms with Gasteiger partial charge in [0.2, 0.25) is 0 Å². The Morgan fingerprint density at radius 2 is 2.21 bits per heavy atom. The lowest BCUT2D eigenvalue weighted by atomic mass is 9.94. The van der Waals surface area contributed by atoms with Gasteiger partial charge in [-0.1, -0.05) is 6.08 Å². The molecule has 14 heavy (non-hydrogen) atoms. The molecule has 0 radical (unpaired) electrons. The van der Waals surface area contributed by atoms with Gasteiger partial charge in [-0.05, 0) is 6.42 Å². The van der Waals surface area contributed by atoms with Crippen molar-refractivity contribution >= 4 is 5.97 Å². The van der Waals surface area contributed by atoms with Crippen LogP contribution in [0.25, 0.3) is 0 Å². The Kier molecular flexibility index (Phi) is 4.10. The van der Waals surface area contributed by atoms with Crippen molar-refractivity contribution in [2.75, 3.05) is 19.8 Å². The van der Waals surface area contributed by atoms with Crippen molar-refractivity contribution in [3.8, 4) is 0 Å². The van der Waals surface area contributed by atoms with Gasteiger partial charge in [0.15, 0.2) is 5.60 Å². The lowest BCUT2D eigenvalue weighted by Crippen LogP contribution is -2.46. The van der Waals surface area contributed by atoms with Crippen LogP contribution in [0.5, 0.6) is 0 Å². The molecular formula is C10H16O4. The second-order valence-corrected chi connectivity index (χ2v) is 3.34. The first-order valence-corrected chi connectivity index (χ1v) is 4.77. The minimum Gasteiger partial charge on any atom is -0.479 e. The van der Waals surface area contributed by atoms with Gasteiger partial charge in [0.05, 0.1) is 6.61 Å². The Morgan fingerprint density at radius 1 is 1.57 bits per heavy atom. The van der Waals surface area contributed by atoms with E-state index in [1.807, 2.05) is 0 Å². The minimum atomic E-state index is -1.03. The van der Waals surface area contributed by atoms with Crippen molar-refractivity contribution in [3.05, 3.63) is 12.7 Å². The molecule has 0 atom stereocenters. The van der Waals surface area contributed by atoms with Crippen LogP contribution in [0.2, 0.25) is 0 Å². The molecule has 0 unspecified atom stereocenters. The summed E-state index contributed by atoms with van der Waals surface area (Å²) in [4.78, 5) is 11.1. The van der Waals surface area contributed by atoms with Crippen LogP contribution in [0.1, 0.15) is 19.3 Å². The highest BCUT2D eigenvalue weighted by Gasteiger charge is 2.41. The van der Waals surface area contributed by atoms with Crippen LogP contribution < -0.4 is 0 Å². The summed E-state index contributed by atoms with van der Waals surface area (Å²) in [6.07, 6.45) is 3.25. The Bertz CT molecular complexity index is 206. The van der Waals surface area contributed by atoms with Gasteiger partial charge < -0.3 is 14.6 Å². The topological polar surface area (TPSA) is 55.8 Å². The van der Waals surface area contributed by atoms with Gasteiger partial charge in [0.1, 0.15) is 0 Å². The third kappa shape index (κ3) is 2.56. The molecule has 1 saturated heterocycles. The van der Waals surface area contributed by atoms with Gasteiger partial charge in [0, 0.05) is 26.1 Å². The van der Waals surface area contributed by atoms with Crippen molar-refractivity contribution in [2.24, 2.45) is 0 Å². The molecule has 0 amide bonds. The van der Waals surface area contributed by atoms with Crippen LogP contribution in [0, 0.1) is 0 Å². The van der Waals surface area contributed by atoms with E-state index in [1.165, 1.54) is 0 Å². The first kappa shape index (κ1) is 11.2. The highest BCUT2D eigenvalue weighted by molar-refractivity contribution is 5.77. The smallest absolute Gasteiger partial charge is 0.336 e. The lowest BCUT2D eigenvalue weighted by molar-refractivity contribution is -0.178. The van der Waals surface area contributed by atoms with Crippen molar-refractivity contribution in [3.63, 3.8) is 0 Å². The molecule has 0 spiro atoms. The van der Waals surface area contributed by atoms with E-state index in [0.29, 0.717) is 39.1 Å². The maximum absolute atomic E-state index is 11.1. The van der Waals surface area contributed by atoms with Crippen molar-refractivity contribution < 1.29 is 19.4 Å². The molecule has 0 bridgehead atoms. The van der Waals surface area contributed by atoms with Gasteiger partial charge in [0.25, 0.3) is 0 Å². The summed E-state index contributed by atoms with van der Waals surface area (Å²) < 4.78 is 10.5. The molecule has 0 aliphatic carbocycles. The highest BCUT2D eigenvalue weighted by atomic mass is 16.5. The fourth-order valence-electron chi connectivity index (χ4n) is 1.46. The summed E-state index contributed by atoms with van der Waals surface area (Å²) in [5, 5.41) is 9.08. The normalized spacial score (nSPS) is 20.3. The molecule has 4 heteroatoms. The lowest BCUT2D eigenvalue weighted by Gasteiger charge is -2.32. The fraction of sp³-hybridized carbons (Fsp3) is 0.700. The van der Waals surface area contributed by atoms with Crippen molar-refractivity contribution in [1.82, 2.24) is 0 Å². The zero-order chi connectivity index (χ0) is 10.4. The number of rotatable bonds is 5. The predicted octanol–water partition coefficient (Wildman–Crippen LogP) is 1.21. The first-order valence-electron chi connectivity index (χ1n) is 4.77. The van der Waals surface area contributed by atoms with E-state index >= 15 is 0 Å². The molecule has 1 rings (SSSR count). The minimum absolute atomic E-state index is 0.413. The molecule has 80 valence electrons. The molecule has 0 aromatic heterocycles.